The van der Waals surface area contributed by atoms with E-state index < -0.39 is 6.43 Å². The van der Waals surface area contributed by atoms with E-state index in [9.17, 15) is 8.78 Å². The van der Waals surface area contributed by atoms with Gasteiger partial charge in [-0.15, -0.1) is 0 Å². The van der Waals surface area contributed by atoms with Gasteiger partial charge in [0.05, 0.1) is 6.54 Å². The highest BCUT2D eigenvalue weighted by Gasteiger charge is 2.07. The molecule has 5 heteroatoms. The standard InChI is InChI=1S/C5H11F2N3/c1-9-5(8)10(2)3-4(6)7/h4H,3H2,1-2H3,(H2,8,9). The normalized spacial score (nSPS) is 12.3. The molecule has 0 aliphatic heterocycles. The summed E-state index contributed by atoms with van der Waals surface area (Å²) in [5.74, 6) is 0.125. The molecule has 0 saturated carbocycles. The van der Waals surface area contributed by atoms with Crippen molar-refractivity contribution in [2.24, 2.45) is 10.7 Å². The van der Waals surface area contributed by atoms with Gasteiger partial charge in [0, 0.05) is 14.1 Å². The molecule has 0 fully saturated rings. The van der Waals surface area contributed by atoms with Crippen LogP contribution in [0.15, 0.2) is 4.99 Å². The molecule has 0 saturated heterocycles. The third-order valence-corrected chi connectivity index (χ3v) is 1.03. The Hall–Kier alpha value is -0.870. The molecule has 0 aromatic heterocycles. The average molecular weight is 151 g/mol. The van der Waals surface area contributed by atoms with Crippen molar-refractivity contribution in [2.45, 2.75) is 6.43 Å². The van der Waals surface area contributed by atoms with Crippen LogP contribution in [-0.4, -0.2) is 37.9 Å². The largest absolute Gasteiger partial charge is 0.370 e. The van der Waals surface area contributed by atoms with E-state index in [1.165, 1.54) is 19.0 Å². The zero-order valence-corrected chi connectivity index (χ0v) is 6.01. The summed E-state index contributed by atoms with van der Waals surface area (Å²) in [6.45, 7) is -0.372. The van der Waals surface area contributed by atoms with Crippen LogP contribution in [-0.2, 0) is 0 Å². The highest BCUT2D eigenvalue weighted by atomic mass is 19.3. The van der Waals surface area contributed by atoms with Crippen LogP contribution in [0.5, 0.6) is 0 Å². The minimum atomic E-state index is -2.37. The summed E-state index contributed by atoms with van der Waals surface area (Å²) < 4.78 is 23.3. The molecule has 0 aromatic rings. The van der Waals surface area contributed by atoms with E-state index in [0.717, 1.165) is 0 Å². The lowest BCUT2D eigenvalue weighted by Crippen LogP contribution is -2.36. The molecule has 0 bridgehead atoms. The molecule has 0 aliphatic rings. The number of hydrogen-bond donors (Lipinski definition) is 1. The lowest BCUT2D eigenvalue weighted by Gasteiger charge is -2.16. The lowest BCUT2D eigenvalue weighted by molar-refractivity contribution is 0.123. The van der Waals surface area contributed by atoms with Crippen LogP contribution in [0.25, 0.3) is 0 Å². The molecular weight excluding hydrogens is 140 g/mol. The summed E-state index contributed by atoms with van der Waals surface area (Å²) in [6.07, 6.45) is -2.37. The minimum absolute atomic E-state index is 0.125. The Labute approximate surface area is 58.5 Å². The topological polar surface area (TPSA) is 41.6 Å². The number of halogens is 2. The van der Waals surface area contributed by atoms with Gasteiger partial charge in [0.25, 0.3) is 6.43 Å². The maximum Gasteiger partial charge on any atom is 0.255 e. The Bertz CT molecular complexity index is 124. The highest BCUT2D eigenvalue weighted by molar-refractivity contribution is 5.77. The maximum atomic E-state index is 11.6. The van der Waals surface area contributed by atoms with Crippen LogP contribution in [0.3, 0.4) is 0 Å². The number of rotatable bonds is 2. The first-order valence-corrected chi connectivity index (χ1v) is 2.79. The molecule has 60 valence electrons. The van der Waals surface area contributed by atoms with Gasteiger partial charge in [0.2, 0.25) is 0 Å². The van der Waals surface area contributed by atoms with Gasteiger partial charge in [0.1, 0.15) is 0 Å². The smallest absolute Gasteiger partial charge is 0.255 e. The molecule has 0 atom stereocenters. The van der Waals surface area contributed by atoms with Crippen molar-refractivity contribution >= 4 is 5.96 Å². The van der Waals surface area contributed by atoms with Crippen LogP contribution >= 0.6 is 0 Å². The monoisotopic (exact) mass is 151 g/mol. The van der Waals surface area contributed by atoms with Gasteiger partial charge in [-0.3, -0.25) is 4.99 Å². The minimum Gasteiger partial charge on any atom is -0.370 e. The first kappa shape index (κ1) is 9.13. The lowest BCUT2D eigenvalue weighted by atomic mass is 10.6. The first-order chi connectivity index (χ1) is 4.57. The van der Waals surface area contributed by atoms with E-state index in [2.05, 4.69) is 4.99 Å². The zero-order chi connectivity index (χ0) is 8.15. The van der Waals surface area contributed by atoms with Crippen molar-refractivity contribution in [1.82, 2.24) is 4.90 Å². The van der Waals surface area contributed by atoms with Crippen molar-refractivity contribution in [3.05, 3.63) is 0 Å². The summed E-state index contributed by atoms with van der Waals surface area (Å²) >= 11 is 0. The average Bonchev–Trinajstić information content (AvgIpc) is 1.85. The van der Waals surface area contributed by atoms with Crippen molar-refractivity contribution in [2.75, 3.05) is 20.6 Å². The SMILES string of the molecule is CN=C(N)N(C)CC(F)F. The second-order valence-corrected chi connectivity index (χ2v) is 1.85. The molecule has 0 radical (unpaired) electrons. The third-order valence-electron chi connectivity index (χ3n) is 1.03. The molecule has 0 rings (SSSR count). The van der Waals surface area contributed by atoms with Gasteiger partial charge in [-0.2, -0.15) is 0 Å². The highest BCUT2D eigenvalue weighted by Crippen LogP contribution is 1.94. The Kier molecular flexibility index (Phi) is 3.68. The van der Waals surface area contributed by atoms with Crippen LogP contribution in [0.4, 0.5) is 8.78 Å². The molecule has 0 aromatic carbocycles. The van der Waals surface area contributed by atoms with Crippen molar-refractivity contribution in [1.29, 1.82) is 0 Å². The molecule has 0 unspecified atom stereocenters. The molecule has 0 heterocycles. The van der Waals surface area contributed by atoms with Gasteiger partial charge in [-0.05, 0) is 0 Å². The maximum absolute atomic E-state index is 11.6. The van der Waals surface area contributed by atoms with E-state index in [4.69, 9.17) is 5.73 Å². The molecule has 0 spiro atoms. The predicted octanol–water partition coefficient (Wildman–Crippen LogP) is 0.128. The van der Waals surface area contributed by atoms with Crippen LogP contribution in [0.2, 0.25) is 0 Å². The Morgan fingerprint density at radius 1 is 1.70 bits per heavy atom. The van der Waals surface area contributed by atoms with E-state index >= 15 is 0 Å². The summed E-state index contributed by atoms with van der Waals surface area (Å²) in [6, 6.07) is 0. The summed E-state index contributed by atoms with van der Waals surface area (Å²) in [5, 5.41) is 0. The van der Waals surface area contributed by atoms with Crippen LogP contribution < -0.4 is 5.73 Å². The second-order valence-electron chi connectivity index (χ2n) is 1.85. The van der Waals surface area contributed by atoms with Gasteiger partial charge >= 0.3 is 0 Å². The number of nitrogens with two attached hydrogens (primary N) is 1. The number of aliphatic imine (C=N–C) groups is 1. The summed E-state index contributed by atoms with van der Waals surface area (Å²) in [5.41, 5.74) is 5.21. The summed E-state index contributed by atoms with van der Waals surface area (Å²) in [4.78, 5) is 4.73. The van der Waals surface area contributed by atoms with E-state index in [-0.39, 0.29) is 12.5 Å². The van der Waals surface area contributed by atoms with Crippen molar-refractivity contribution in [3.8, 4) is 0 Å². The van der Waals surface area contributed by atoms with Crippen molar-refractivity contribution in [3.63, 3.8) is 0 Å². The molecule has 3 nitrogen and oxygen atoms in total. The fourth-order valence-electron chi connectivity index (χ4n) is 0.471. The zero-order valence-electron chi connectivity index (χ0n) is 6.01. The third kappa shape index (κ3) is 3.21. The quantitative estimate of drug-likeness (QED) is 0.450. The van der Waals surface area contributed by atoms with E-state index in [1.807, 2.05) is 0 Å². The molecular formula is C5H11F2N3. The fourth-order valence-corrected chi connectivity index (χ4v) is 0.471. The molecule has 0 amide bonds. The van der Waals surface area contributed by atoms with Crippen LogP contribution in [0, 0.1) is 0 Å². The second kappa shape index (κ2) is 4.03. The Balaban J connectivity index is 3.73. The number of guanidine groups is 1. The number of nitrogens with zero attached hydrogens (tertiary/aromatic N) is 2. The molecule has 10 heavy (non-hydrogen) atoms. The number of hydrogen-bond acceptors (Lipinski definition) is 1. The van der Waals surface area contributed by atoms with Gasteiger partial charge < -0.3 is 10.6 Å². The summed E-state index contributed by atoms with van der Waals surface area (Å²) in [7, 11) is 2.92. The van der Waals surface area contributed by atoms with E-state index in [1.54, 1.807) is 0 Å². The fraction of sp³-hybridized carbons (Fsp3) is 0.800. The molecule has 2 N–H and O–H groups in total. The molecule has 0 aliphatic carbocycles. The van der Waals surface area contributed by atoms with Crippen molar-refractivity contribution < 1.29 is 8.78 Å². The Morgan fingerprint density at radius 2 is 2.20 bits per heavy atom. The Morgan fingerprint density at radius 3 is 2.50 bits per heavy atom. The number of alkyl halides is 2. The van der Waals surface area contributed by atoms with Crippen LogP contribution in [0.1, 0.15) is 0 Å². The van der Waals surface area contributed by atoms with Gasteiger partial charge in [-0.1, -0.05) is 0 Å². The van der Waals surface area contributed by atoms with E-state index in [0.29, 0.717) is 0 Å². The van der Waals surface area contributed by atoms with Gasteiger partial charge in [-0.25, -0.2) is 8.78 Å². The first-order valence-electron chi connectivity index (χ1n) is 2.79. The predicted molar refractivity (Wildman–Crippen MR) is 36.2 cm³/mol. The van der Waals surface area contributed by atoms with Gasteiger partial charge in [0.15, 0.2) is 5.96 Å².